The minimum atomic E-state index is -0.443. The monoisotopic (exact) mass is 640 g/mol. The maximum absolute atomic E-state index is 6.50. The molecule has 1 aromatic heterocycles. The van der Waals surface area contributed by atoms with Gasteiger partial charge in [0.05, 0.1) is 16.8 Å². The van der Waals surface area contributed by atoms with E-state index in [1.54, 1.807) is 0 Å². The SMILES string of the molecule is C1=C(c2ccc3c(c2)-c2ccccc2C32c3ccccc3Oc3ccccc32)CCC(c2nc(-c3ccccc3)cc(-c3ccccc3)n2)=C1. The summed E-state index contributed by atoms with van der Waals surface area (Å²) in [5.41, 5.74) is 14.9. The first-order valence-corrected chi connectivity index (χ1v) is 17.3. The van der Waals surface area contributed by atoms with Crippen molar-refractivity contribution < 1.29 is 4.74 Å². The number of hydrogen-bond donors (Lipinski definition) is 0. The molecule has 2 heterocycles. The smallest absolute Gasteiger partial charge is 0.156 e. The quantitative estimate of drug-likeness (QED) is 0.192. The lowest BCUT2D eigenvalue weighted by molar-refractivity contribution is 0.436. The zero-order valence-electron chi connectivity index (χ0n) is 27.4. The number of nitrogens with zero attached hydrogens (tertiary/aromatic N) is 2. The molecule has 1 aliphatic heterocycles. The van der Waals surface area contributed by atoms with Crippen LogP contribution in [0.25, 0.3) is 44.8 Å². The third kappa shape index (κ3) is 4.37. The van der Waals surface area contributed by atoms with Crippen LogP contribution in [0, 0.1) is 0 Å². The highest BCUT2D eigenvalue weighted by Gasteiger charge is 2.50. The Morgan fingerprint density at radius 3 is 1.56 bits per heavy atom. The molecule has 0 atom stereocenters. The van der Waals surface area contributed by atoms with E-state index in [0.29, 0.717) is 0 Å². The number of rotatable bonds is 4. The van der Waals surface area contributed by atoms with Gasteiger partial charge in [-0.1, -0.05) is 146 Å². The van der Waals surface area contributed by atoms with Gasteiger partial charge in [-0.05, 0) is 76.1 Å². The summed E-state index contributed by atoms with van der Waals surface area (Å²) in [4.78, 5) is 10.2. The molecular formula is C47H32N2O. The topological polar surface area (TPSA) is 35.0 Å². The van der Waals surface area contributed by atoms with Crippen LogP contribution in [0.15, 0.2) is 170 Å². The molecule has 0 fully saturated rings. The minimum Gasteiger partial charge on any atom is -0.457 e. The van der Waals surface area contributed by atoms with Gasteiger partial charge >= 0.3 is 0 Å². The third-order valence-electron chi connectivity index (χ3n) is 10.5. The molecule has 7 aromatic rings. The first-order chi connectivity index (χ1) is 24.8. The second-order valence-corrected chi connectivity index (χ2v) is 13.2. The lowest BCUT2D eigenvalue weighted by atomic mass is 9.66. The summed E-state index contributed by atoms with van der Waals surface area (Å²) in [6.45, 7) is 0. The number of allylic oxidation sites excluding steroid dienone is 4. The van der Waals surface area contributed by atoms with Crippen LogP contribution in [0.4, 0.5) is 0 Å². The molecule has 3 aliphatic rings. The first-order valence-electron chi connectivity index (χ1n) is 17.3. The van der Waals surface area contributed by atoms with Gasteiger partial charge in [-0.15, -0.1) is 0 Å². The van der Waals surface area contributed by atoms with Crippen LogP contribution in [-0.4, -0.2) is 9.97 Å². The van der Waals surface area contributed by atoms with Crippen LogP contribution in [-0.2, 0) is 5.41 Å². The van der Waals surface area contributed by atoms with Crippen molar-refractivity contribution in [3.8, 4) is 45.1 Å². The summed E-state index contributed by atoms with van der Waals surface area (Å²) in [6.07, 6.45) is 6.28. The van der Waals surface area contributed by atoms with Crippen molar-refractivity contribution in [3.63, 3.8) is 0 Å². The van der Waals surface area contributed by atoms with Crippen molar-refractivity contribution in [2.24, 2.45) is 0 Å². The van der Waals surface area contributed by atoms with Gasteiger partial charge in [0.25, 0.3) is 0 Å². The van der Waals surface area contributed by atoms with Gasteiger partial charge in [0.1, 0.15) is 11.5 Å². The number of ether oxygens (including phenoxy) is 1. The van der Waals surface area contributed by atoms with Crippen molar-refractivity contribution in [1.29, 1.82) is 0 Å². The van der Waals surface area contributed by atoms with Crippen LogP contribution in [0.2, 0.25) is 0 Å². The van der Waals surface area contributed by atoms with Crippen molar-refractivity contribution in [2.75, 3.05) is 0 Å². The Bertz CT molecular complexity index is 2410. The van der Waals surface area contributed by atoms with Gasteiger partial charge in [0.2, 0.25) is 0 Å². The summed E-state index contributed by atoms with van der Waals surface area (Å²) < 4.78 is 6.50. The normalized spacial score (nSPS) is 14.8. The van der Waals surface area contributed by atoms with E-state index in [4.69, 9.17) is 14.7 Å². The zero-order chi connectivity index (χ0) is 33.1. The molecule has 0 N–H and O–H groups in total. The molecule has 6 aromatic carbocycles. The number of fused-ring (bicyclic) bond motifs is 9. The summed E-state index contributed by atoms with van der Waals surface area (Å²) in [6, 6.07) is 55.9. The lowest BCUT2D eigenvalue weighted by Gasteiger charge is -2.39. The predicted molar refractivity (Wildman–Crippen MR) is 202 cm³/mol. The van der Waals surface area contributed by atoms with Gasteiger partial charge in [-0.3, -0.25) is 0 Å². The molecule has 0 saturated heterocycles. The lowest BCUT2D eigenvalue weighted by Crippen LogP contribution is -2.32. The van der Waals surface area contributed by atoms with Crippen molar-refractivity contribution in [2.45, 2.75) is 18.3 Å². The fourth-order valence-electron chi connectivity index (χ4n) is 8.23. The fourth-order valence-corrected chi connectivity index (χ4v) is 8.23. The molecule has 50 heavy (non-hydrogen) atoms. The average molecular weight is 641 g/mol. The van der Waals surface area contributed by atoms with E-state index < -0.39 is 5.41 Å². The van der Waals surface area contributed by atoms with Gasteiger partial charge in [-0.25, -0.2) is 9.97 Å². The predicted octanol–water partition coefficient (Wildman–Crippen LogP) is 11.5. The Morgan fingerprint density at radius 2 is 0.940 bits per heavy atom. The van der Waals surface area contributed by atoms with Gasteiger partial charge in [0.15, 0.2) is 5.82 Å². The van der Waals surface area contributed by atoms with E-state index in [2.05, 4.69) is 158 Å². The van der Waals surface area contributed by atoms with Crippen LogP contribution in [0.1, 0.15) is 46.5 Å². The van der Waals surface area contributed by atoms with Crippen LogP contribution < -0.4 is 4.74 Å². The molecule has 10 rings (SSSR count). The van der Waals surface area contributed by atoms with E-state index >= 15 is 0 Å². The second kappa shape index (κ2) is 11.4. The Labute approximate surface area is 291 Å². The summed E-state index contributed by atoms with van der Waals surface area (Å²) >= 11 is 0. The number of hydrogen-bond acceptors (Lipinski definition) is 3. The molecule has 2 aliphatic carbocycles. The van der Waals surface area contributed by atoms with Crippen LogP contribution in [0.3, 0.4) is 0 Å². The van der Waals surface area contributed by atoms with Crippen molar-refractivity contribution in [1.82, 2.24) is 9.97 Å². The highest BCUT2D eigenvalue weighted by molar-refractivity contribution is 5.90. The minimum absolute atomic E-state index is 0.443. The summed E-state index contributed by atoms with van der Waals surface area (Å²) in [5.74, 6) is 2.63. The molecule has 0 radical (unpaired) electrons. The van der Waals surface area contributed by atoms with Crippen LogP contribution >= 0.6 is 0 Å². The summed E-state index contributed by atoms with van der Waals surface area (Å²) in [7, 11) is 0. The van der Waals surface area contributed by atoms with Gasteiger partial charge in [-0.2, -0.15) is 0 Å². The standard InChI is InChI=1S/C47H32N2O/c1-3-13-32(14-4-1)42-30-43(33-15-5-2-6-16-33)49-46(48-42)34-25-23-31(24-26-34)35-27-28-39-37(29-35)36-17-7-8-18-38(36)47(39)40-19-9-11-21-44(40)50-45-22-12-10-20-41(45)47/h1-23,25,27-30H,24,26H2. The highest BCUT2D eigenvalue weighted by Crippen LogP contribution is 2.62. The zero-order valence-corrected chi connectivity index (χ0v) is 27.4. The molecule has 3 heteroatoms. The number of benzene rings is 6. The molecule has 236 valence electrons. The molecule has 0 saturated carbocycles. The molecular weight excluding hydrogens is 609 g/mol. The van der Waals surface area contributed by atoms with Gasteiger partial charge in [0, 0.05) is 22.3 Å². The Hall–Kier alpha value is -6.32. The Balaban J connectivity index is 1.08. The average Bonchev–Trinajstić information content (AvgIpc) is 3.48. The highest BCUT2D eigenvalue weighted by atomic mass is 16.5. The molecule has 0 unspecified atom stereocenters. The number of aromatic nitrogens is 2. The largest absolute Gasteiger partial charge is 0.457 e. The summed E-state index contributed by atoms with van der Waals surface area (Å²) in [5, 5.41) is 0. The molecule has 1 spiro atoms. The number of para-hydroxylation sites is 2. The fraction of sp³-hybridized carbons (Fsp3) is 0.0638. The maximum Gasteiger partial charge on any atom is 0.156 e. The Kier molecular flexibility index (Phi) is 6.53. The second-order valence-electron chi connectivity index (χ2n) is 13.2. The van der Waals surface area contributed by atoms with E-state index in [1.165, 1.54) is 44.5 Å². The molecule has 0 bridgehead atoms. The van der Waals surface area contributed by atoms with Gasteiger partial charge < -0.3 is 4.74 Å². The molecule has 3 nitrogen and oxygen atoms in total. The van der Waals surface area contributed by atoms with E-state index in [9.17, 15) is 0 Å². The van der Waals surface area contributed by atoms with Crippen LogP contribution in [0.5, 0.6) is 11.5 Å². The van der Waals surface area contributed by atoms with Crippen molar-refractivity contribution in [3.05, 3.63) is 204 Å². The third-order valence-corrected chi connectivity index (χ3v) is 10.5. The van der Waals surface area contributed by atoms with E-state index in [1.807, 2.05) is 12.1 Å². The van der Waals surface area contributed by atoms with E-state index in [0.717, 1.165) is 58.3 Å². The van der Waals surface area contributed by atoms with E-state index in [-0.39, 0.29) is 0 Å². The van der Waals surface area contributed by atoms with Crippen molar-refractivity contribution >= 4 is 11.1 Å². The molecule has 0 amide bonds. The first kappa shape index (κ1) is 28.7. The maximum atomic E-state index is 6.50. The Morgan fingerprint density at radius 1 is 0.420 bits per heavy atom.